The van der Waals surface area contributed by atoms with E-state index in [2.05, 4.69) is 31.7 Å². The van der Waals surface area contributed by atoms with E-state index in [0.29, 0.717) is 0 Å². The van der Waals surface area contributed by atoms with Crippen LogP contribution < -0.4 is 4.74 Å². The number of aryl methyl sites for hydroxylation is 1. The quantitative estimate of drug-likeness (QED) is 0.684. The molecule has 0 unspecified atom stereocenters. The number of benzene rings is 1. The lowest BCUT2D eigenvalue weighted by molar-refractivity contribution is 0.208. The molecular formula is C15H25NO. The Hall–Kier alpha value is -1.02. The molecule has 0 spiro atoms. The first kappa shape index (κ1) is 14.0. The van der Waals surface area contributed by atoms with Crippen molar-refractivity contribution in [1.82, 2.24) is 4.90 Å². The van der Waals surface area contributed by atoms with Crippen LogP contribution in [0.15, 0.2) is 24.3 Å². The number of ether oxygens (including phenoxy) is 1. The Bertz CT molecular complexity index is 306. The molecule has 96 valence electrons. The van der Waals surface area contributed by atoms with Crippen molar-refractivity contribution in [2.45, 2.75) is 33.6 Å². The Morgan fingerprint density at radius 3 is 2.24 bits per heavy atom. The van der Waals surface area contributed by atoms with Gasteiger partial charge in [0.2, 0.25) is 0 Å². The predicted octanol–water partition coefficient (Wildman–Crippen LogP) is 3.50. The summed E-state index contributed by atoms with van der Waals surface area (Å²) in [7, 11) is 0. The van der Waals surface area contributed by atoms with E-state index in [-0.39, 0.29) is 0 Å². The molecule has 0 aliphatic rings. The van der Waals surface area contributed by atoms with E-state index in [4.69, 9.17) is 4.74 Å². The van der Waals surface area contributed by atoms with Gasteiger partial charge in [0.05, 0.1) is 0 Å². The summed E-state index contributed by atoms with van der Waals surface area (Å²) in [5.74, 6) is 1.01. The molecule has 0 radical (unpaired) electrons. The molecule has 0 saturated carbocycles. The molecular weight excluding hydrogens is 210 g/mol. The number of rotatable bonds is 8. The Morgan fingerprint density at radius 2 is 1.65 bits per heavy atom. The van der Waals surface area contributed by atoms with Gasteiger partial charge in [-0.2, -0.15) is 0 Å². The van der Waals surface area contributed by atoms with Crippen LogP contribution in [0.25, 0.3) is 0 Å². The first-order valence-corrected chi connectivity index (χ1v) is 6.68. The highest BCUT2D eigenvalue weighted by Gasteiger charge is 2.03. The van der Waals surface area contributed by atoms with Gasteiger partial charge < -0.3 is 4.74 Å². The highest BCUT2D eigenvalue weighted by atomic mass is 16.5. The van der Waals surface area contributed by atoms with E-state index in [1.807, 2.05) is 18.2 Å². The SMILES string of the molecule is CCCN(CCC)CCOc1ccccc1C. The second-order valence-corrected chi connectivity index (χ2v) is 4.46. The van der Waals surface area contributed by atoms with E-state index in [9.17, 15) is 0 Å². The Labute approximate surface area is 106 Å². The summed E-state index contributed by atoms with van der Waals surface area (Å²) in [6.45, 7) is 10.7. The van der Waals surface area contributed by atoms with Gasteiger partial charge in [-0.3, -0.25) is 4.90 Å². The fourth-order valence-corrected chi connectivity index (χ4v) is 1.97. The highest BCUT2D eigenvalue weighted by molar-refractivity contribution is 5.31. The van der Waals surface area contributed by atoms with Crippen molar-refractivity contribution in [3.05, 3.63) is 29.8 Å². The largest absolute Gasteiger partial charge is 0.492 e. The Balaban J connectivity index is 2.33. The molecule has 0 aliphatic heterocycles. The average molecular weight is 235 g/mol. The maximum Gasteiger partial charge on any atom is 0.122 e. The zero-order valence-corrected chi connectivity index (χ0v) is 11.4. The van der Waals surface area contributed by atoms with Gasteiger partial charge in [-0.15, -0.1) is 0 Å². The first-order valence-electron chi connectivity index (χ1n) is 6.68. The molecule has 1 aromatic rings. The van der Waals surface area contributed by atoms with E-state index in [1.54, 1.807) is 0 Å². The van der Waals surface area contributed by atoms with E-state index >= 15 is 0 Å². The summed E-state index contributed by atoms with van der Waals surface area (Å²) in [6.07, 6.45) is 2.43. The molecule has 0 N–H and O–H groups in total. The average Bonchev–Trinajstić information content (AvgIpc) is 2.32. The molecule has 2 nitrogen and oxygen atoms in total. The fourth-order valence-electron chi connectivity index (χ4n) is 1.97. The molecule has 1 aromatic carbocycles. The van der Waals surface area contributed by atoms with Crippen molar-refractivity contribution in [3.8, 4) is 5.75 Å². The minimum atomic E-state index is 0.783. The monoisotopic (exact) mass is 235 g/mol. The van der Waals surface area contributed by atoms with Crippen molar-refractivity contribution < 1.29 is 4.74 Å². The normalized spacial score (nSPS) is 10.8. The number of hydrogen-bond donors (Lipinski definition) is 0. The van der Waals surface area contributed by atoms with Crippen molar-refractivity contribution in [2.75, 3.05) is 26.2 Å². The summed E-state index contributed by atoms with van der Waals surface area (Å²) in [5.41, 5.74) is 1.21. The number of hydrogen-bond acceptors (Lipinski definition) is 2. The van der Waals surface area contributed by atoms with Gasteiger partial charge in [0.1, 0.15) is 12.4 Å². The molecule has 2 heteroatoms. The molecule has 0 amide bonds. The third-order valence-electron chi connectivity index (χ3n) is 2.84. The van der Waals surface area contributed by atoms with Gasteiger partial charge in [-0.1, -0.05) is 32.0 Å². The molecule has 0 atom stereocenters. The maximum absolute atomic E-state index is 5.82. The summed E-state index contributed by atoms with van der Waals surface area (Å²) in [4.78, 5) is 2.47. The van der Waals surface area contributed by atoms with Gasteiger partial charge in [-0.05, 0) is 44.5 Å². The minimum Gasteiger partial charge on any atom is -0.492 e. The second kappa shape index (κ2) is 8.13. The Kier molecular flexibility index (Phi) is 6.71. The molecule has 17 heavy (non-hydrogen) atoms. The van der Waals surface area contributed by atoms with Crippen molar-refractivity contribution in [3.63, 3.8) is 0 Å². The highest BCUT2D eigenvalue weighted by Crippen LogP contribution is 2.15. The van der Waals surface area contributed by atoms with Crippen LogP contribution in [0.4, 0.5) is 0 Å². The molecule has 0 aliphatic carbocycles. The number of nitrogens with zero attached hydrogens (tertiary/aromatic N) is 1. The lowest BCUT2D eigenvalue weighted by Crippen LogP contribution is -2.30. The molecule has 0 aromatic heterocycles. The van der Waals surface area contributed by atoms with E-state index < -0.39 is 0 Å². The standard InChI is InChI=1S/C15H25NO/c1-4-10-16(11-5-2)12-13-17-15-9-7-6-8-14(15)3/h6-9H,4-5,10-13H2,1-3H3. The Morgan fingerprint density at radius 1 is 1.00 bits per heavy atom. The zero-order chi connectivity index (χ0) is 12.5. The summed E-state index contributed by atoms with van der Waals surface area (Å²) in [5, 5.41) is 0. The topological polar surface area (TPSA) is 12.5 Å². The first-order chi connectivity index (χ1) is 8.27. The lowest BCUT2D eigenvalue weighted by atomic mass is 10.2. The van der Waals surface area contributed by atoms with Crippen LogP contribution in [0, 0.1) is 6.92 Å². The van der Waals surface area contributed by atoms with Crippen LogP contribution in [-0.4, -0.2) is 31.1 Å². The van der Waals surface area contributed by atoms with Crippen LogP contribution in [0.2, 0.25) is 0 Å². The third kappa shape index (κ3) is 5.22. The van der Waals surface area contributed by atoms with Gasteiger partial charge in [0, 0.05) is 6.54 Å². The van der Waals surface area contributed by atoms with E-state index in [0.717, 1.165) is 18.9 Å². The van der Waals surface area contributed by atoms with Crippen LogP contribution >= 0.6 is 0 Å². The summed E-state index contributed by atoms with van der Waals surface area (Å²) in [6, 6.07) is 8.20. The van der Waals surface area contributed by atoms with Crippen molar-refractivity contribution >= 4 is 0 Å². The molecule has 0 bridgehead atoms. The molecule has 0 heterocycles. The van der Waals surface area contributed by atoms with Gasteiger partial charge in [0.25, 0.3) is 0 Å². The second-order valence-electron chi connectivity index (χ2n) is 4.46. The third-order valence-corrected chi connectivity index (χ3v) is 2.84. The van der Waals surface area contributed by atoms with Crippen molar-refractivity contribution in [2.24, 2.45) is 0 Å². The van der Waals surface area contributed by atoms with Crippen LogP contribution in [0.1, 0.15) is 32.3 Å². The van der Waals surface area contributed by atoms with Gasteiger partial charge in [0.15, 0.2) is 0 Å². The molecule has 1 rings (SSSR count). The van der Waals surface area contributed by atoms with Gasteiger partial charge in [-0.25, -0.2) is 0 Å². The fraction of sp³-hybridized carbons (Fsp3) is 0.600. The zero-order valence-electron chi connectivity index (χ0n) is 11.4. The van der Waals surface area contributed by atoms with Crippen LogP contribution in [0.3, 0.4) is 0 Å². The van der Waals surface area contributed by atoms with E-state index in [1.165, 1.54) is 31.5 Å². The van der Waals surface area contributed by atoms with Gasteiger partial charge >= 0.3 is 0 Å². The summed E-state index contributed by atoms with van der Waals surface area (Å²) < 4.78 is 5.82. The smallest absolute Gasteiger partial charge is 0.122 e. The van der Waals surface area contributed by atoms with Crippen molar-refractivity contribution in [1.29, 1.82) is 0 Å². The summed E-state index contributed by atoms with van der Waals surface area (Å²) >= 11 is 0. The van der Waals surface area contributed by atoms with Crippen LogP contribution in [0.5, 0.6) is 5.75 Å². The lowest BCUT2D eigenvalue weighted by Gasteiger charge is -2.21. The number of para-hydroxylation sites is 1. The minimum absolute atomic E-state index is 0.783. The molecule has 0 saturated heterocycles. The maximum atomic E-state index is 5.82. The predicted molar refractivity (Wildman–Crippen MR) is 73.7 cm³/mol. The molecule has 0 fully saturated rings. The van der Waals surface area contributed by atoms with Crippen LogP contribution in [-0.2, 0) is 0 Å².